The predicted molar refractivity (Wildman–Crippen MR) is 275 cm³/mol. The number of fused-ring (bicyclic) bond motifs is 8. The van der Waals surface area contributed by atoms with Gasteiger partial charge in [0.05, 0.1) is 30.5 Å². The van der Waals surface area contributed by atoms with Gasteiger partial charge in [-0.05, 0) is 85.4 Å². The van der Waals surface area contributed by atoms with Crippen LogP contribution < -0.4 is 5.19 Å². The first-order valence-corrected chi connectivity index (χ1v) is 25.9. The summed E-state index contributed by atoms with van der Waals surface area (Å²) in [6, 6.07) is 49.7. The number of furan rings is 1. The molecule has 4 nitrogen and oxygen atoms in total. The summed E-state index contributed by atoms with van der Waals surface area (Å²) in [7, 11) is -1.81. The first-order valence-electron chi connectivity index (χ1n) is 24.9. The number of nitrogens with zero attached hydrogens (tertiary/aromatic N) is 3. The smallest absolute Gasteiger partial charge is 0.121 e. The van der Waals surface area contributed by atoms with Crippen molar-refractivity contribution in [2.24, 2.45) is 5.41 Å². The summed E-state index contributed by atoms with van der Waals surface area (Å²) in [6.45, 7) is 19.2. The van der Waals surface area contributed by atoms with E-state index in [-0.39, 0.29) is 25.7 Å². The van der Waals surface area contributed by atoms with Crippen LogP contribution in [0.15, 0.2) is 138 Å². The standard InChI is InChI=1S/C39H31N2O.C20H28NSi.Ir/c1-23(2)26-13-9-14-27(24(3)4)37(26)41-34-18-8-7-17-33(34)40-39(41)32-16-10-15-31-36-30-20-19-25-11-5-6-12-28(25)29(30)21-22-35(36)42-38(31)32;1-15-8-10-16(11-9-15)18-12-17(13-20(2,3)4)19(14-21-18)22(5,6)7;/h5-15,17-24H,1-4H3;8-10,12,14H,13H2,1-7H3;/q2*-1;/i;1D3,13D2;. The molecule has 0 atom stereocenters. The number of para-hydroxylation sites is 3. The molecule has 0 saturated heterocycles. The maximum absolute atomic E-state index is 8.79. The molecule has 0 amide bonds. The summed E-state index contributed by atoms with van der Waals surface area (Å²) in [5.74, 6) is 1.55. The Morgan fingerprint density at radius 3 is 2.18 bits per heavy atom. The molecule has 0 unspecified atom stereocenters. The molecule has 1 radical (unpaired) electrons. The Bertz CT molecular complexity index is 3530. The molecule has 0 aliphatic rings. The number of imidazole rings is 1. The first kappa shape index (κ1) is 39.7. The van der Waals surface area contributed by atoms with E-state index in [1.807, 2.05) is 32.9 Å². The van der Waals surface area contributed by atoms with Gasteiger partial charge in [-0.1, -0.05) is 170 Å². The third-order valence-electron chi connectivity index (χ3n) is 12.0. The fourth-order valence-electron chi connectivity index (χ4n) is 8.98. The molecule has 0 spiro atoms. The first-order chi connectivity index (χ1) is 32.6. The summed E-state index contributed by atoms with van der Waals surface area (Å²) in [4.78, 5) is 9.82. The van der Waals surface area contributed by atoms with Crippen LogP contribution in [-0.2, 0) is 26.5 Å². The SMILES string of the molecule is CC(C)c1cccc(C(C)C)c1-n1c(-c2[c-]ccc3c2oc2ccc4c5ccccc5ccc4c23)nc2ccccc21.[2H]C([2H])([2H])c1c[c-]c(-c2cc(C([2H])([2H])C(C)(C)C)c([Si](C)(C)C)cn2)cc1.[Ir]. The van der Waals surface area contributed by atoms with Gasteiger partial charge in [0, 0.05) is 44.2 Å². The zero-order valence-electron chi connectivity index (χ0n) is 43.9. The molecule has 10 aromatic rings. The monoisotopic (exact) mass is 1050 g/mol. The van der Waals surface area contributed by atoms with Gasteiger partial charge >= 0.3 is 0 Å². The van der Waals surface area contributed by atoms with Crippen LogP contribution in [0.3, 0.4) is 0 Å². The second-order valence-corrected chi connectivity index (χ2v) is 24.6. The molecular formula is C59H59IrN3OSi-2. The molecule has 0 aliphatic carbocycles. The normalized spacial score (nSPS) is 13.7. The Hall–Kier alpha value is -5.65. The Labute approximate surface area is 406 Å². The van der Waals surface area contributed by atoms with E-state index in [1.165, 1.54) is 44.4 Å². The molecule has 0 fully saturated rings. The van der Waals surface area contributed by atoms with Crippen molar-refractivity contribution < 1.29 is 31.4 Å². The van der Waals surface area contributed by atoms with E-state index in [1.54, 1.807) is 18.3 Å². The van der Waals surface area contributed by atoms with Gasteiger partial charge in [-0.2, -0.15) is 0 Å². The van der Waals surface area contributed by atoms with E-state index < -0.39 is 26.7 Å². The largest absolute Gasteiger partial charge is 0.501 e. The van der Waals surface area contributed by atoms with Crippen molar-refractivity contribution in [2.45, 2.75) is 93.2 Å². The minimum absolute atomic E-state index is 0. The molecule has 331 valence electrons. The van der Waals surface area contributed by atoms with Crippen molar-refractivity contribution in [1.82, 2.24) is 14.5 Å². The molecule has 3 heterocycles. The molecule has 3 aromatic heterocycles. The maximum Gasteiger partial charge on any atom is 0.121 e. The Morgan fingerprint density at radius 2 is 1.49 bits per heavy atom. The molecule has 6 heteroatoms. The summed E-state index contributed by atoms with van der Waals surface area (Å²) in [5.41, 5.74) is 10.0. The van der Waals surface area contributed by atoms with E-state index in [2.05, 4.69) is 166 Å². The molecule has 0 N–H and O–H groups in total. The quantitative estimate of drug-likeness (QED) is 0.0908. The second kappa shape index (κ2) is 18.0. The number of hydrogen-bond donors (Lipinski definition) is 0. The van der Waals surface area contributed by atoms with Crippen LogP contribution in [0.25, 0.3) is 82.8 Å². The van der Waals surface area contributed by atoms with E-state index in [0.29, 0.717) is 28.7 Å². The van der Waals surface area contributed by atoms with Gasteiger partial charge in [0.1, 0.15) is 5.58 Å². The maximum atomic E-state index is 8.79. The third kappa shape index (κ3) is 8.89. The zero-order valence-corrected chi connectivity index (χ0v) is 42.3. The van der Waals surface area contributed by atoms with Gasteiger partial charge in [-0.15, -0.1) is 53.6 Å². The van der Waals surface area contributed by atoms with Gasteiger partial charge in [-0.3, -0.25) is 4.98 Å². The third-order valence-corrected chi connectivity index (χ3v) is 14.0. The average molecular weight is 1050 g/mol. The topological polar surface area (TPSA) is 43.9 Å². The van der Waals surface area contributed by atoms with Crippen molar-refractivity contribution in [1.29, 1.82) is 0 Å². The number of aromatic nitrogens is 3. The fraction of sp³-hybridized carbons (Fsp3) is 0.254. The van der Waals surface area contributed by atoms with Crippen LogP contribution in [0, 0.1) is 24.4 Å². The predicted octanol–water partition coefficient (Wildman–Crippen LogP) is 15.9. The number of rotatable bonds is 7. The van der Waals surface area contributed by atoms with Crippen molar-refractivity contribution in [2.75, 3.05) is 0 Å². The molecular weight excluding hydrogens is 987 g/mol. The fourth-order valence-corrected chi connectivity index (χ4v) is 10.4. The summed E-state index contributed by atoms with van der Waals surface area (Å²) in [6.07, 6.45) is 0.269. The average Bonchev–Trinajstić information content (AvgIpc) is 3.89. The van der Waals surface area contributed by atoms with Crippen LogP contribution in [-0.4, -0.2) is 22.6 Å². The van der Waals surface area contributed by atoms with E-state index >= 15 is 0 Å². The Kier molecular flexibility index (Phi) is 11.0. The molecule has 0 aliphatic heterocycles. The van der Waals surface area contributed by atoms with Gasteiger partial charge in [0.25, 0.3) is 0 Å². The van der Waals surface area contributed by atoms with Crippen LogP contribution in [0.4, 0.5) is 0 Å². The summed E-state index contributed by atoms with van der Waals surface area (Å²) in [5, 5.41) is 8.15. The van der Waals surface area contributed by atoms with E-state index in [4.69, 9.17) is 16.3 Å². The number of pyridine rings is 1. The summed E-state index contributed by atoms with van der Waals surface area (Å²) >= 11 is 0. The number of hydrogen-bond acceptors (Lipinski definition) is 3. The van der Waals surface area contributed by atoms with Crippen molar-refractivity contribution in [3.63, 3.8) is 0 Å². The molecule has 10 rings (SSSR count). The van der Waals surface area contributed by atoms with Gasteiger partial charge in [0.15, 0.2) is 0 Å². The van der Waals surface area contributed by atoms with Crippen LogP contribution >= 0.6 is 0 Å². The Morgan fingerprint density at radius 1 is 0.769 bits per heavy atom. The Balaban J connectivity index is 0.000000205. The van der Waals surface area contributed by atoms with E-state index in [9.17, 15) is 0 Å². The molecule has 7 aromatic carbocycles. The van der Waals surface area contributed by atoms with Gasteiger partial charge in [0.2, 0.25) is 0 Å². The van der Waals surface area contributed by atoms with Crippen LogP contribution in [0.1, 0.15) is 89.4 Å². The number of aryl methyl sites for hydroxylation is 1. The number of benzene rings is 7. The van der Waals surface area contributed by atoms with E-state index in [0.717, 1.165) is 49.5 Å². The van der Waals surface area contributed by atoms with Crippen molar-refractivity contribution in [3.05, 3.63) is 168 Å². The van der Waals surface area contributed by atoms with Gasteiger partial charge < -0.3 is 14.0 Å². The van der Waals surface area contributed by atoms with Crippen LogP contribution in [0.5, 0.6) is 0 Å². The summed E-state index contributed by atoms with van der Waals surface area (Å²) < 4.78 is 49.1. The van der Waals surface area contributed by atoms with Crippen LogP contribution in [0.2, 0.25) is 19.6 Å². The second-order valence-electron chi connectivity index (χ2n) is 19.6. The molecule has 0 saturated carbocycles. The minimum Gasteiger partial charge on any atom is -0.501 e. The van der Waals surface area contributed by atoms with Gasteiger partial charge in [-0.25, -0.2) is 0 Å². The molecule has 0 bridgehead atoms. The van der Waals surface area contributed by atoms with Crippen molar-refractivity contribution in [3.8, 4) is 28.3 Å². The molecule has 65 heavy (non-hydrogen) atoms. The minimum atomic E-state index is -2.17. The van der Waals surface area contributed by atoms with Crippen molar-refractivity contribution >= 4 is 67.8 Å². The zero-order chi connectivity index (χ0) is 49.4.